The van der Waals surface area contributed by atoms with Gasteiger partial charge in [-0.05, 0) is 24.3 Å². The molecule has 2 amide bonds. The minimum absolute atomic E-state index is 0.0712. The summed E-state index contributed by atoms with van der Waals surface area (Å²) in [5, 5.41) is 11.9. The van der Waals surface area contributed by atoms with E-state index in [1.165, 1.54) is 18.3 Å². The predicted molar refractivity (Wildman–Crippen MR) is 81.6 cm³/mol. The zero-order valence-electron chi connectivity index (χ0n) is 12.1. The van der Waals surface area contributed by atoms with Crippen molar-refractivity contribution >= 4 is 17.5 Å². The fourth-order valence-corrected chi connectivity index (χ4v) is 1.83. The molecule has 3 rings (SSSR count). The standard InChI is InChI=1S/C15H11F2N5O2/c16-12(17)14-22-21-13(24-14)9-6-7-11(18-8-9)20-15(23)19-10-4-2-1-3-5-10/h1-8,12H,(H2,18,19,20,23). The van der Waals surface area contributed by atoms with E-state index >= 15 is 0 Å². The van der Waals surface area contributed by atoms with Crippen molar-refractivity contribution in [2.45, 2.75) is 6.43 Å². The molecule has 0 fully saturated rings. The third kappa shape index (κ3) is 3.69. The first-order valence-corrected chi connectivity index (χ1v) is 6.83. The summed E-state index contributed by atoms with van der Waals surface area (Å²) < 4.78 is 29.7. The molecule has 2 heterocycles. The summed E-state index contributed by atoms with van der Waals surface area (Å²) in [7, 11) is 0. The minimum atomic E-state index is -2.83. The van der Waals surface area contributed by atoms with Crippen LogP contribution in [0.3, 0.4) is 0 Å². The van der Waals surface area contributed by atoms with Crippen LogP contribution in [0.5, 0.6) is 0 Å². The second-order valence-electron chi connectivity index (χ2n) is 4.62. The minimum Gasteiger partial charge on any atom is -0.415 e. The fourth-order valence-electron chi connectivity index (χ4n) is 1.83. The number of benzene rings is 1. The second kappa shape index (κ2) is 6.82. The number of nitrogens with one attached hydrogen (secondary N) is 2. The average molecular weight is 331 g/mol. The molecule has 0 saturated carbocycles. The Hall–Kier alpha value is -3.36. The molecule has 0 spiro atoms. The highest BCUT2D eigenvalue weighted by Gasteiger charge is 2.17. The Morgan fingerprint density at radius 3 is 2.46 bits per heavy atom. The number of pyridine rings is 1. The maximum atomic E-state index is 12.4. The first-order valence-electron chi connectivity index (χ1n) is 6.83. The van der Waals surface area contributed by atoms with E-state index in [-0.39, 0.29) is 11.7 Å². The van der Waals surface area contributed by atoms with E-state index in [1.54, 1.807) is 24.3 Å². The highest BCUT2D eigenvalue weighted by molar-refractivity contribution is 5.99. The fraction of sp³-hybridized carbons (Fsp3) is 0.0667. The van der Waals surface area contributed by atoms with Crippen molar-refractivity contribution in [3.05, 3.63) is 54.6 Å². The number of hydrogen-bond donors (Lipinski definition) is 2. The molecule has 9 heteroatoms. The van der Waals surface area contributed by atoms with Crippen LogP contribution in [-0.4, -0.2) is 21.2 Å². The molecule has 0 saturated heterocycles. The molecular weight excluding hydrogens is 320 g/mol. The van der Waals surface area contributed by atoms with Crippen LogP contribution < -0.4 is 10.6 Å². The molecule has 0 radical (unpaired) electrons. The lowest BCUT2D eigenvalue weighted by atomic mass is 10.3. The van der Waals surface area contributed by atoms with Crippen LogP contribution in [0, 0.1) is 0 Å². The van der Waals surface area contributed by atoms with Crippen molar-refractivity contribution in [1.29, 1.82) is 0 Å². The normalized spacial score (nSPS) is 10.6. The molecular formula is C15H11F2N5O2. The van der Waals surface area contributed by atoms with Crippen LogP contribution >= 0.6 is 0 Å². The third-order valence-corrected chi connectivity index (χ3v) is 2.91. The van der Waals surface area contributed by atoms with Crippen LogP contribution in [-0.2, 0) is 0 Å². The smallest absolute Gasteiger partial charge is 0.324 e. The summed E-state index contributed by atoms with van der Waals surface area (Å²) in [5.74, 6) is -0.548. The van der Waals surface area contributed by atoms with Crippen molar-refractivity contribution in [2.75, 3.05) is 10.6 Å². The summed E-state index contributed by atoms with van der Waals surface area (Å²) >= 11 is 0. The first kappa shape index (κ1) is 15.5. The highest BCUT2D eigenvalue weighted by Crippen LogP contribution is 2.23. The molecule has 0 atom stereocenters. The van der Waals surface area contributed by atoms with E-state index in [2.05, 4.69) is 25.8 Å². The lowest BCUT2D eigenvalue weighted by Gasteiger charge is -2.06. The van der Waals surface area contributed by atoms with Crippen LogP contribution in [0.2, 0.25) is 0 Å². The number of halogens is 2. The van der Waals surface area contributed by atoms with Crippen LogP contribution in [0.1, 0.15) is 12.3 Å². The molecule has 0 unspecified atom stereocenters. The van der Waals surface area contributed by atoms with Gasteiger partial charge in [-0.2, -0.15) is 8.78 Å². The van der Waals surface area contributed by atoms with Gasteiger partial charge in [0.1, 0.15) is 5.82 Å². The number of urea groups is 1. The Labute approximate surface area is 134 Å². The number of hydrogen-bond acceptors (Lipinski definition) is 5. The van der Waals surface area contributed by atoms with Crippen molar-refractivity contribution in [3.8, 4) is 11.5 Å². The molecule has 1 aromatic carbocycles. The van der Waals surface area contributed by atoms with Gasteiger partial charge in [0.2, 0.25) is 5.89 Å². The number of alkyl halides is 2. The number of rotatable bonds is 4. The van der Waals surface area contributed by atoms with E-state index in [9.17, 15) is 13.6 Å². The van der Waals surface area contributed by atoms with Gasteiger partial charge in [-0.15, -0.1) is 10.2 Å². The number of para-hydroxylation sites is 1. The molecule has 0 aliphatic carbocycles. The summed E-state index contributed by atoms with van der Waals surface area (Å²) in [6.07, 6.45) is -1.50. The SMILES string of the molecule is O=C(Nc1ccccc1)Nc1ccc(-c2nnc(C(F)F)o2)cn1. The molecule has 0 aliphatic rings. The maximum absolute atomic E-state index is 12.4. The van der Waals surface area contributed by atoms with E-state index in [0.29, 0.717) is 11.3 Å². The van der Waals surface area contributed by atoms with Crippen LogP contribution in [0.25, 0.3) is 11.5 Å². The summed E-state index contributed by atoms with van der Waals surface area (Å²) in [4.78, 5) is 15.8. The monoisotopic (exact) mass is 331 g/mol. The Morgan fingerprint density at radius 1 is 1.04 bits per heavy atom. The van der Waals surface area contributed by atoms with Gasteiger partial charge >= 0.3 is 12.5 Å². The molecule has 2 aromatic heterocycles. The third-order valence-electron chi connectivity index (χ3n) is 2.91. The lowest BCUT2D eigenvalue weighted by molar-refractivity contribution is 0.116. The second-order valence-corrected chi connectivity index (χ2v) is 4.62. The Morgan fingerprint density at radius 2 is 1.83 bits per heavy atom. The van der Waals surface area contributed by atoms with E-state index in [0.717, 1.165) is 0 Å². The molecule has 122 valence electrons. The number of anilines is 2. The highest BCUT2D eigenvalue weighted by atomic mass is 19.3. The topological polar surface area (TPSA) is 92.9 Å². The summed E-state index contributed by atoms with van der Waals surface area (Å²) in [5.41, 5.74) is 1.00. The van der Waals surface area contributed by atoms with Gasteiger partial charge in [0, 0.05) is 11.9 Å². The lowest BCUT2D eigenvalue weighted by Crippen LogP contribution is -2.19. The molecule has 0 aliphatic heterocycles. The van der Waals surface area contributed by atoms with Crippen molar-refractivity contribution in [3.63, 3.8) is 0 Å². The first-order chi connectivity index (χ1) is 11.6. The largest absolute Gasteiger partial charge is 0.415 e. The Kier molecular flexibility index (Phi) is 4.41. The zero-order valence-corrected chi connectivity index (χ0v) is 12.1. The van der Waals surface area contributed by atoms with Crippen molar-refractivity contribution in [1.82, 2.24) is 15.2 Å². The molecule has 2 N–H and O–H groups in total. The van der Waals surface area contributed by atoms with Crippen molar-refractivity contribution in [2.24, 2.45) is 0 Å². The molecule has 24 heavy (non-hydrogen) atoms. The van der Waals surface area contributed by atoms with Crippen molar-refractivity contribution < 1.29 is 18.0 Å². The Bertz CT molecular complexity index is 821. The number of nitrogens with zero attached hydrogens (tertiary/aromatic N) is 3. The average Bonchev–Trinajstić information content (AvgIpc) is 3.07. The zero-order chi connectivity index (χ0) is 16.9. The van der Waals surface area contributed by atoms with Crippen LogP contribution in [0.4, 0.5) is 25.1 Å². The summed E-state index contributed by atoms with van der Waals surface area (Å²) in [6.45, 7) is 0. The maximum Gasteiger partial charge on any atom is 0.324 e. The van der Waals surface area contributed by atoms with Gasteiger partial charge in [0.15, 0.2) is 0 Å². The van der Waals surface area contributed by atoms with Gasteiger partial charge in [0.05, 0.1) is 5.56 Å². The quantitative estimate of drug-likeness (QED) is 0.760. The van der Waals surface area contributed by atoms with Crippen LogP contribution in [0.15, 0.2) is 53.1 Å². The summed E-state index contributed by atoms with van der Waals surface area (Å²) in [6, 6.07) is 11.5. The van der Waals surface area contributed by atoms with Gasteiger partial charge in [-0.1, -0.05) is 18.2 Å². The molecule has 3 aromatic rings. The van der Waals surface area contributed by atoms with Gasteiger partial charge in [0.25, 0.3) is 5.89 Å². The molecule has 0 bridgehead atoms. The number of carbonyl (C=O) groups excluding carboxylic acids is 1. The Balaban J connectivity index is 1.64. The number of aromatic nitrogens is 3. The van der Waals surface area contributed by atoms with E-state index in [4.69, 9.17) is 4.42 Å². The predicted octanol–water partition coefficient (Wildman–Crippen LogP) is 3.71. The van der Waals surface area contributed by atoms with Gasteiger partial charge in [-0.3, -0.25) is 5.32 Å². The number of amides is 2. The van der Waals surface area contributed by atoms with Gasteiger partial charge < -0.3 is 9.73 Å². The molecule has 7 nitrogen and oxygen atoms in total. The van der Waals surface area contributed by atoms with E-state index in [1.807, 2.05) is 6.07 Å². The number of carbonyl (C=O) groups is 1. The van der Waals surface area contributed by atoms with E-state index < -0.39 is 18.3 Å². The van der Waals surface area contributed by atoms with Gasteiger partial charge in [-0.25, -0.2) is 9.78 Å².